The molecule has 0 aliphatic carbocycles. The summed E-state index contributed by atoms with van der Waals surface area (Å²) in [5.74, 6) is 0.602. The van der Waals surface area contributed by atoms with Crippen LogP contribution in [0.2, 0.25) is 5.02 Å². The van der Waals surface area contributed by atoms with E-state index in [1.165, 1.54) is 45.2 Å². The van der Waals surface area contributed by atoms with Crippen LogP contribution in [0.1, 0.15) is 42.6 Å². The minimum absolute atomic E-state index is 0.0164. The number of aryl methyl sites for hydroxylation is 1. The van der Waals surface area contributed by atoms with Crippen LogP contribution >= 0.6 is 11.6 Å². The average molecular weight is 360 g/mol. The quantitative estimate of drug-likeness (QED) is 0.904. The maximum Gasteiger partial charge on any atom is 0.267 e. The summed E-state index contributed by atoms with van der Waals surface area (Å²) >= 11 is 6.09. The molecule has 0 saturated carbocycles. The number of carbonyl (C=O) groups is 1. The third kappa shape index (κ3) is 3.30. The van der Waals surface area contributed by atoms with Gasteiger partial charge in [0.2, 0.25) is 0 Å². The summed E-state index contributed by atoms with van der Waals surface area (Å²) in [6.07, 6.45) is 6.42. The Morgan fingerprint density at radius 3 is 2.92 bits per heavy atom. The van der Waals surface area contributed by atoms with Gasteiger partial charge in [-0.25, -0.2) is 0 Å². The lowest BCUT2D eigenvalue weighted by Gasteiger charge is -2.44. The first-order valence-corrected chi connectivity index (χ1v) is 9.78. The number of carbonyl (C=O) groups excluding carboxylic acids is 1. The van der Waals surface area contributed by atoms with Crippen molar-refractivity contribution in [1.82, 2.24) is 14.8 Å². The molecule has 0 bridgehead atoms. The lowest BCUT2D eigenvalue weighted by molar-refractivity contribution is 0.0574. The fourth-order valence-corrected chi connectivity index (χ4v) is 4.82. The number of benzene rings is 1. The highest BCUT2D eigenvalue weighted by molar-refractivity contribution is 6.31. The van der Waals surface area contributed by atoms with Gasteiger partial charge < -0.3 is 14.8 Å². The first kappa shape index (κ1) is 16.9. The summed E-state index contributed by atoms with van der Waals surface area (Å²) in [4.78, 5) is 15.4. The lowest BCUT2D eigenvalue weighted by Crippen LogP contribution is -2.51. The molecular weight excluding hydrogens is 334 g/mol. The maximum absolute atomic E-state index is 12.7. The molecule has 1 amide bonds. The van der Waals surface area contributed by atoms with E-state index in [9.17, 15) is 4.79 Å². The molecule has 1 N–H and O–H groups in total. The molecule has 2 aromatic rings. The van der Waals surface area contributed by atoms with Crippen LogP contribution in [0.3, 0.4) is 0 Å². The van der Waals surface area contributed by atoms with E-state index < -0.39 is 0 Å². The monoisotopic (exact) mass is 359 g/mol. The zero-order chi connectivity index (χ0) is 17.4. The second kappa shape index (κ2) is 7.00. The van der Waals surface area contributed by atoms with Crippen LogP contribution in [0, 0.1) is 5.92 Å². The fraction of sp³-hybridized carbons (Fsp3) is 0.550. The SMILES string of the molecule is Cn1c(C(=O)NCC2CCCN3CCCCC23)cc2ccc(Cl)cc21. The van der Waals surface area contributed by atoms with E-state index >= 15 is 0 Å². The van der Waals surface area contributed by atoms with Crippen molar-refractivity contribution in [3.8, 4) is 0 Å². The molecule has 1 aromatic heterocycles. The van der Waals surface area contributed by atoms with Crippen LogP contribution < -0.4 is 5.32 Å². The van der Waals surface area contributed by atoms with Gasteiger partial charge in [0, 0.05) is 35.6 Å². The number of hydrogen-bond acceptors (Lipinski definition) is 2. The molecule has 0 radical (unpaired) electrons. The Morgan fingerprint density at radius 2 is 2.04 bits per heavy atom. The Labute approximate surface area is 154 Å². The third-order valence-electron chi connectivity index (χ3n) is 5.99. The van der Waals surface area contributed by atoms with Crippen molar-refractivity contribution >= 4 is 28.4 Å². The van der Waals surface area contributed by atoms with Crippen LogP contribution in [-0.4, -0.2) is 41.1 Å². The number of hydrogen-bond donors (Lipinski definition) is 1. The molecule has 134 valence electrons. The summed E-state index contributed by atoms with van der Waals surface area (Å²) in [6, 6.07) is 8.36. The number of piperidine rings is 2. The van der Waals surface area contributed by atoms with Crippen molar-refractivity contribution in [2.45, 2.75) is 38.1 Å². The molecule has 2 aliphatic rings. The van der Waals surface area contributed by atoms with Crippen LogP contribution in [0.4, 0.5) is 0 Å². The second-order valence-electron chi connectivity index (χ2n) is 7.50. The average Bonchev–Trinajstić information content (AvgIpc) is 2.96. The van der Waals surface area contributed by atoms with Crippen molar-refractivity contribution in [2.24, 2.45) is 13.0 Å². The van der Waals surface area contributed by atoms with Gasteiger partial charge in [0.05, 0.1) is 0 Å². The molecule has 1 aromatic carbocycles. The highest BCUT2D eigenvalue weighted by atomic mass is 35.5. The zero-order valence-corrected chi connectivity index (χ0v) is 15.6. The van der Waals surface area contributed by atoms with Gasteiger partial charge in [-0.05, 0) is 62.9 Å². The summed E-state index contributed by atoms with van der Waals surface area (Å²) in [6.45, 7) is 3.25. The number of rotatable bonds is 3. The van der Waals surface area contributed by atoms with Gasteiger partial charge >= 0.3 is 0 Å². The van der Waals surface area contributed by atoms with E-state index in [0.29, 0.717) is 22.7 Å². The van der Waals surface area contributed by atoms with Gasteiger partial charge in [-0.1, -0.05) is 24.1 Å². The Morgan fingerprint density at radius 1 is 1.20 bits per heavy atom. The summed E-state index contributed by atoms with van der Waals surface area (Å²) in [5, 5.41) is 4.94. The molecule has 4 rings (SSSR count). The van der Waals surface area contributed by atoms with E-state index in [-0.39, 0.29) is 5.91 Å². The van der Waals surface area contributed by atoms with Gasteiger partial charge in [0.1, 0.15) is 5.69 Å². The van der Waals surface area contributed by atoms with Crippen molar-refractivity contribution in [3.05, 3.63) is 35.0 Å². The van der Waals surface area contributed by atoms with Gasteiger partial charge in [-0.2, -0.15) is 0 Å². The number of fused-ring (bicyclic) bond motifs is 2. The van der Waals surface area contributed by atoms with E-state index in [2.05, 4.69) is 10.2 Å². The number of nitrogens with zero attached hydrogens (tertiary/aromatic N) is 2. The minimum Gasteiger partial charge on any atom is -0.350 e. The van der Waals surface area contributed by atoms with Crippen LogP contribution in [-0.2, 0) is 7.05 Å². The molecule has 2 fully saturated rings. The fourth-order valence-electron chi connectivity index (χ4n) is 4.65. The van der Waals surface area contributed by atoms with Crippen molar-refractivity contribution in [3.63, 3.8) is 0 Å². The Balaban J connectivity index is 1.46. The molecule has 5 heteroatoms. The number of amides is 1. The molecule has 2 aliphatic heterocycles. The van der Waals surface area contributed by atoms with Gasteiger partial charge in [0.25, 0.3) is 5.91 Å². The Bertz CT molecular complexity index is 783. The Hall–Kier alpha value is -1.52. The largest absolute Gasteiger partial charge is 0.350 e. The number of aromatic nitrogens is 1. The maximum atomic E-state index is 12.7. The Kier molecular flexibility index (Phi) is 4.74. The summed E-state index contributed by atoms with van der Waals surface area (Å²) in [5.41, 5.74) is 1.70. The molecule has 4 nitrogen and oxygen atoms in total. The zero-order valence-electron chi connectivity index (χ0n) is 14.8. The molecule has 2 atom stereocenters. The highest BCUT2D eigenvalue weighted by Gasteiger charge is 2.33. The van der Waals surface area contributed by atoms with Gasteiger partial charge in [-0.15, -0.1) is 0 Å². The smallest absolute Gasteiger partial charge is 0.267 e. The molecule has 0 spiro atoms. The van der Waals surface area contributed by atoms with Crippen molar-refractivity contribution < 1.29 is 4.79 Å². The number of halogens is 1. The molecule has 3 heterocycles. The molecule has 25 heavy (non-hydrogen) atoms. The minimum atomic E-state index is 0.0164. The third-order valence-corrected chi connectivity index (χ3v) is 6.23. The normalized spacial score (nSPS) is 24.2. The lowest BCUT2D eigenvalue weighted by atomic mass is 9.83. The predicted molar refractivity (Wildman–Crippen MR) is 102 cm³/mol. The molecule has 2 unspecified atom stereocenters. The van der Waals surface area contributed by atoms with Crippen molar-refractivity contribution in [1.29, 1.82) is 0 Å². The summed E-state index contributed by atoms with van der Waals surface area (Å²) in [7, 11) is 1.93. The van der Waals surface area contributed by atoms with Crippen LogP contribution in [0.25, 0.3) is 10.9 Å². The van der Waals surface area contributed by atoms with E-state index in [1.807, 2.05) is 35.9 Å². The first-order chi connectivity index (χ1) is 12.1. The van der Waals surface area contributed by atoms with Gasteiger partial charge in [0.15, 0.2) is 0 Å². The summed E-state index contributed by atoms with van der Waals surface area (Å²) < 4.78 is 1.93. The predicted octanol–water partition coefficient (Wildman–Crippen LogP) is 3.83. The second-order valence-corrected chi connectivity index (χ2v) is 7.94. The standard InChI is InChI=1S/C20H26ClN3O/c1-23-18-12-16(21)8-7-14(18)11-19(23)20(25)22-13-15-5-4-10-24-9-3-2-6-17(15)24/h7-8,11-12,15,17H,2-6,9-10,13H2,1H3,(H,22,25). The topological polar surface area (TPSA) is 37.3 Å². The van der Waals surface area contributed by atoms with Crippen LogP contribution in [0.15, 0.2) is 24.3 Å². The number of nitrogens with one attached hydrogen (secondary N) is 1. The highest BCUT2D eigenvalue weighted by Crippen LogP contribution is 2.30. The van der Waals surface area contributed by atoms with E-state index in [4.69, 9.17) is 11.6 Å². The van der Waals surface area contributed by atoms with Crippen LogP contribution in [0.5, 0.6) is 0 Å². The first-order valence-electron chi connectivity index (χ1n) is 9.41. The van der Waals surface area contributed by atoms with Gasteiger partial charge in [-0.3, -0.25) is 4.79 Å². The van der Waals surface area contributed by atoms with E-state index in [0.717, 1.165) is 17.4 Å². The van der Waals surface area contributed by atoms with E-state index in [1.54, 1.807) is 0 Å². The molecule has 2 saturated heterocycles. The molecular formula is C20H26ClN3O. The van der Waals surface area contributed by atoms with Crippen molar-refractivity contribution in [2.75, 3.05) is 19.6 Å².